The van der Waals surface area contributed by atoms with Gasteiger partial charge in [0.25, 0.3) is 0 Å². The van der Waals surface area contributed by atoms with E-state index in [-0.39, 0.29) is 0 Å². The van der Waals surface area contributed by atoms with E-state index in [1.54, 1.807) is 0 Å². The average Bonchev–Trinajstić information content (AvgIpc) is 3.82. The maximum atomic E-state index is 6.77. The third-order valence-corrected chi connectivity index (χ3v) is 11.1. The molecule has 0 atom stereocenters. The first-order valence-corrected chi connectivity index (χ1v) is 19.0. The highest BCUT2D eigenvalue weighted by atomic mass is 16.3. The molecule has 3 heteroatoms. The first-order valence-electron chi connectivity index (χ1n) is 19.0. The van der Waals surface area contributed by atoms with Crippen molar-refractivity contribution < 1.29 is 8.83 Å². The second-order valence-electron chi connectivity index (χ2n) is 14.4. The molecule has 0 radical (unpaired) electrons. The Hall–Kier alpha value is -7.10. The minimum absolute atomic E-state index is 0.870. The summed E-state index contributed by atoms with van der Waals surface area (Å²) >= 11 is 0. The second-order valence-corrected chi connectivity index (χ2v) is 14.4. The number of rotatable bonds is 6. The van der Waals surface area contributed by atoms with Gasteiger partial charge < -0.3 is 13.7 Å². The summed E-state index contributed by atoms with van der Waals surface area (Å²) in [5.74, 6) is 0.948. The highest BCUT2D eigenvalue weighted by molar-refractivity contribution is 6.22. The molecule has 0 spiro atoms. The van der Waals surface area contributed by atoms with Crippen LogP contribution in [0.25, 0.3) is 83.1 Å². The van der Waals surface area contributed by atoms with Crippen molar-refractivity contribution in [3.63, 3.8) is 0 Å². The van der Waals surface area contributed by atoms with Crippen molar-refractivity contribution in [1.29, 1.82) is 0 Å². The molecule has 0 fully saturated rings. The molecule has 0 saturated carbocycles. The van der Waals surface area contributed by atoms with Gasteiger partial charge in [0.05, 0.1) is 0 Å². The molecule has 2 heterocycles. The van der Waals surface area contributed by atoms with E-state index in [0.717, 1.165) is 68.6 Å². The molecule has 11 rings (SSSR count). The molecule has 1 aliphatic rings. The zero-order valence-electron chi connectivity index (χ0n) is 30.1. The Labute approximate surface area is 319 Å². The lowest BCUT2D eigenvalue weighted by atomic mass is 9.90. The summed E-state index contributed by atoms with van der Waals surface area (Å²) in [6, 6.07) is 64.9. The van der Waals surface area contributed by atoms with E-state index in [2.05, 4.69) is 187 Å². The summed E-state index contributed by atoms with van der Waals surface area (Å²) in [6.07, 6.45) is 4.05. The van der Waals surface area contributed by atoms with Crippen LogP contribution in [0.1, 0.15) is 17.7 Å². The van der Waals surface area contributed by atoms with E-state index in [1.807, 2.05) is 6.07 Å². The van der Waals surface area contributed by atoms with Crippen molar-refractivity contribution in [2.45, 2.75) is 12.8 Å². The van der Waals surface area contributed by atoms with Crippen LogP contribution in [0.15, 0.2) is 197 Å². The fourth-order valence-electron chi connectivity index (χ4n) is 8.59. The number of fused-ring (bicyclic) bond motifs is 8. The molecular formula is C52H35NO2. The fourth-order valence-corrected chi connectivity index (χ4v) is 8.59. The summed E-state index contributed by atoms with van der Waals surface area (Å²) in [4.78, 5) is 2.38. The van der Waals surface area contributed by atoms with Crippen molar-refractivity contribution >= 4 is 61.1 Å². The van der Waals surface area contributed by atoms with E-state index in [9.17, 15) is 0 Å². The normalized spacial score (nSPS) is 12.7. The van der Waals surface area contributed by atoms with Crippen molar-refractivity contribution in [3.8, 4) is 33.4 Å². The monoisotopic (exact) mass is 705 g/mol. The first kappa shape index (κ1) is 31.4. The molecule has 10 aromatic rings. The topological polar surface area (TPSA) is 29.5 Å². The van der Waals surface area contributed by atoms with Gasteiger partial charge in [-0.05, 0) is 118 Å². The Morgan fingerprint density at radius 1 is 0.382 bits per heavy atom. The fraction of sp³-hybridized carbons (Fsp3) is 0.0385. The van der Waals surface area contributed by atoms with Gasteiger partial charge in [0.1, 0.15) is 22.5 Å². The number of hydrogen-bond donors (Lipinski definition) is 0. The molecule has 260 valence electrons. The van der Waals surface area contributed by atoms with Gasteiger partial charge >= 0.3 is 0 Å². The Balaban J connectivity index is 1.10. The van der Waals surface area contributed by atoms with Crippen LogP contribution >= 0.6 is 0 Å². The third-order valence-electron chi connectivity index (χ3n) is 11.1. The summed E-state index contributed by atoms with van der Waals surface area (Å²) < 4.78 is 13.2. The minimum atomic E-state index is 0.870. The van der Waals surface area contributed by atoms with Crippen LogP contribution in [-0.4, -0.2) is 0 Å². The molecule has 2 aromatic heterocycles. The van der Waals surface area contributed by atoms with Gasteiger partial charge in [-0.2, -0.15) is 0 Å². The van der Waals surface area contributed by atoms with Crippen molar-refractivity contribution in [2.75, 3.05) is 4.90 Å². The number of allylic oxidation sites excluding steroid dienone is 1. The number of hydrogen-bond acceptors (Lipinski definition) is 3. The Morgan fingerprint density at radius 3 is 1.71 bits per heavy atom. The summed E-state index contributed by atoms with van der Waals surface area (Å²) in [5.41, 5.74) is 14.4. The summed E-state index contributed by atoms with van der Waals surface area (Å²) in [5, 5.41) is 5.80. The highest BCUT2D eigenvalue weighted by Gasteiger charge is 2.24. The molecule has 0 N–H and O–H groups in total. The van der Waals surface area contributed by atoms with E-state index < -0.39 is 0 Å². The summed E-state index contributed by atoms with van der Waals surface area (Å²) in [6.45, 7) is 0. The SMILES string of the molecule is C1=C(N(c2ccccc2)c2ccc3oc4cc(-c5cc(-c6ccccc6)cc(-c6ccccc6)c5)c5ccccc5c4c3c2)CCc2c1oc1ccccc21. The van der Waals surface area contributed by atoms with E-state index >= 15 is 0 Å². The van der Waals surface area contributed by atoms with Crippen LogP contribution in [0.3, 0.4) is 0 Å². The standard InChI is InChI=1S/C52H35NO2/c1-4-14-34(15-5-1)36-28-37(35-16-6-2-7-17-35)30-38(29-36)46-33-51-52(45-22-11-10-20-42(45)46)47-31-40(25-27-49(47)55-51)53(39-18-8-3-9-19-39)41-24-26-44-43-21-12-13-23-48(43)54-50(44)32-41/h1-23,25,27-33H,24,26H2. The molecule has 0 unspecified atom stereocenters. The van der Waals surface area contributed by atoms with Crippen molar-refractivity contribution in [3.05, 3.63) is 199 Å². The predicted octanol–water partition coefficient (Wildman–Crippen LogP) is 14.6. The lowest BCUT2D eigenvalue weighted by Gasteiger charge is -2.29. The zero-order chi connectivity index (χ0) is 36.3. The smallest absolute Gasteiger partial charge is 0.136 e. The largest absolute Gasteiger partial charge is 0.456 e. The van der Waals surface area contributed by atoms with Crippen LogP contribution in [0.4, 0.5) is 11.4 Å². The Kier molecular flexibility index (Phi) is 7.31. The Morgan fingerprint density at radius 2 is 0.982 bits per heavy atom. The predicted molar refractivity (Wildman–Crippen MR) is 229 cm³/mol. The van der Waals surface area contributed by atoms with Crippen molar-refractivity contribution in [1.82, 2.24) is 0 Å². The van der Waals surface area contributed by atoms with Crippen LogP contribution in [0.5, 0.6) is 0 Å². The quantitative estimate of drug-likeness (QED) is 0.172. The maximum absolute atomic E-state index is 6.77. The van der Waals surface area contributed by atoms with Crippen LogP contribution in [0, 0.1) is 0 Å². The van der Waals surface area contributed by atoms with Gasteiger partial charge in [-0.3, -0.25) is 0 Å². The molecule has 0 saturated heterocycles. The molecule has 8 aromatic carbocycles. The van der Waals surface area contributed by atoms with Gasteiger partial charge in [0, 0.05) is 44.9 Å². The van der Waals surface area contributed by atoms with Gasteiger partial charge in [-0.25, -0.2) is 0 Å². The highest BCUT2D eigenvalue weighted by Crippen LogP contribution is 2.45. The number of para-hydroxylation sites is 2. The van der Waals surface area contributed by atoms with Gasteiger partial charge in [0.2, 0.25) is 0 Å². The number of furan rings is 2. The van der Waals surface area contributed by atoms with Crippen LogP contribution < -0.4 is 4.90 Å². The van der Waals surface area contributed by atoms with Gasteiger partial charge in [-0.15, -0.1) is 0 Å². The first-order chi connectivity index (χ1) is 27.2. The molecule has 0 bridgehead atoms. The lowest BCUT2D eigenvalue weighted by Crippen LogP contribution is -2.18. The zero-order valence-corrected chi connectivity index (χ0v) is 30.1. The van der Waals surface area contributed by atoms with E-state index in [1.165, 1.54) is 49.7 Å². The van der Waals surface area contributed by atoms with E-state index in [0.29, 0.717) is 0 Å². The molecular weight excluding hydrogens is 671 g/mol. The molecule has 0 amide bonds. The van der Waals surface area contributed by atoms with Gasteiger partial charge in [-0.1, -0.05) is 121 Å². The molecule has 0 aliphatic heterocycles. The van der Waals surface area contributed by atoms with Gasteiger partial charge in [0.15, 0.2) is 0 Å². The maximum Gasteiger partial charge on any atom is 0.136 e. The van der Waals surface area contributed by atoms with Crippen LogP contribution in [-0.2, 0) is 6.42 Å². The third kappa shape index (κ3) is 5.35. The second kappa shape index (κ2) is 12.8. The summed E-state index contributed by atoms with van der Waals surface area (Å²) in [7, 11) is 0. The lowest BCUT2D eigenvalue weighted by molar-refractivity contribution is 0.593. The molecule has 1 aliphatic carbocycles. The number of aryl methyl sites for hydroxylation is 1. The van der Waals surface area contributed by atoms with Crippen LogP contribution in [0.2, 0.25) is 0 Å². The number of nitrogens with zero attached hydrogens (tertiary/aromatic N) is 1. The number of benzene rings is 8. The van der Waals surface area contributed by atoms with Crippen molar-refractivity contribution in [2.24, 2.45) is 0 Å². The van der Waals surface area contributed by atoms with E-state index in [4.69, 9.17) is 8.83 Å². The average molecular weight is 706 g/mol. The molecule has 3 nitrogen and oxygen atoms in total. The number of anilines is 2. The Bertz CT molecular complexity index is 3020. The molecule has 55 heavy (non-hydrogen) atoms. The minimum Gasteiger partial charge on any atom is -0.456 e.